The molecule has 1 aliphatic heterocycles. The third-order valence-corrected chi connectivity index (χ3v) is 3.41. The van der Waals surface area contributed by atoms with Gasteiger partial charge in [0.25, 0.3) is 5.91 Å². The van der Waals surface area contributed by atoms with E-state index in [9.17, 15) is 31.1 Å². The van der Waals surface area contributed by atoms with Crippen LogP contribution >= 0.6 is 0 Å². The Kier molecular flexibility index (Phi) is 4.12. The summed E-state index contributed by atoms with van der Waals surface area (Å²) in [5.74, 6) is -0.462. The molecular formula is C14H9F6N5O. The Hall–Kier alpha value is -3.05. The summed E-state index contributed by atoms with van der Waals surface area (Å²) in [6, 6.07) is 3.50. The van der Waals surface area contributed by atoms with Crippen LogP contribution in [0.15, 0.2) is 35.6 Å². The van der Waals surface area contributed by atoms with E-state index in [0.29, 0.717) is 16.8 Å². The molecule has 0 spiro atoms. The molecule has 0 radical (unpaired) electrons. The molecule has 0 atom stereocenters. The number of alkyl halides is 6. The molecule has 1 amide bonds. The number of hydrazone groups is 1. The normalized spacial score (nSPS) is 15.3. The fraction of sp³-hybridized carbons (Fsp3) is 0.214. The molecule has 0 fully saturated rings. The molecule has 0 saturated heterocycles. The van der Waals surface area contributed by atoms with Crippen molar-refractivity contribution in [2.24, 2.45) is 5.10 Å². The van der Waals surface area contributed by atoms with Crippen molar-refractivity contribution in [1.29, 1.82) is 0 Å². The molecule has 1 aromatic carbocycles. The summed E-state index contributed by atoms with van der Waals surface area (Å²) in [5, 5.41) is 9.32. The maximum Gasteiger partial charge on any atom is 0.435 e. The van der Waals surface area contributed by atoms with Gasteiger partial charge >= 0.3 is 12.4 Å². The zero-order valence-corrected chi connectivity index (χ0v) is 12.6. The molecule has 1 aliphatic rings. The van der Waals surface area contributed by atoms with E-state index in [1.165, 1.54) is 6.07 Å². The van der Waals surface area contributed by atoms with E-state index in [1.807, 2.05) is 0 Å². The highest BCUT2D eigenvalue weighted by molar-refractivity contribution is 6.03. The molecule has 12 heteroatoms. The Morgan fingerprint density at radius 2 is 1.77 bits per heavy atom. The smallest absolute Gasteiger partial charge is 0.359 e. The van der Waals surface area contributed by atoms with E-state index >= 15 is 0 Å². The summed E-state index contributed by atoms with van der Waals surface area (Å²) in [4.78, 5) is 11.0. The molecule has 0 unspecified atom stereocenters. The number of amidine groups is 1. The lowest BCUT2D eigenvalue weighted by Gasteiger charge is -2.18. The van der Waals surface area contributed by atoms with E-state index in [2.05, 4.69) is 20.9 Å². The number of halogens is 6. The van der Waals surface area contributed by atoms with Crippen LogP contribution in [0.25, 0.3) is 5.69 Å². The summed E-state index contributed by atoms with van der Waals surface area (Å²) in [6.45, 7) is -0.171. The molecular weight excluding hydrogens is 368 g/mol. The summed E-state index contributed by atoms with van der Waals surface area (Å²) in [6.07, 6.45) is -8.83. The first-order valence-electron chi connectivity index (χ1n) is 7.01. The number of carbonyl (C=O) groups is 1. The molecule has 0 aliphatic carbocycles. The number of hydrogen-bond acceptors (Lipinski definition) is 4. The first kappa shape index (κ1) is 17.8. The van der Waals surface area contributed by atoms with Crippen molar-refractivity contribution in [2.75, 3.05) is 6.54 Å². The molecule has 26 heavy (non-hydrogen) atoms. The number of rotatable bonds is 2. The minimum absolute atomic E-state index is 0.00176. The molecule has 2 heterocycles. The predicted octanol–water partition coefficient (Wildman–Crippen LogP) is 2.29. The zero-order chi connectivity index (χ0) is 19.1. The average Bonchev–Trinajstić information content (AvgIpc) is 3.04. The van der Waals surface area contributed by atoms with Crippen LogP contribution < -0.4 is 10.7 Å². The topological polar surface area (TPSA) is 71.3 Å². The second-order valence-electron chi connectivity index (χ2n) is 5.22. The number of hydrogen-bond donors (Lipinski definition) is 2. The van der Waals surface area contributed by atoms with Crippen molar-refractivity contribution >= 4 is 11.7 Å². The van der Waals surface area contributed by atoms with Crippen LogP contribution in [0, 0.1) is 0 Å². The molecule has 2 N–H and O–H groups in total. The summed E-state index contributed by atoms with van der Waals surface area (Å²) >= 11 is 0. The number of nitrogens with one attached hydrogen (secondary N) is 2. The van der Waals surface area contributed by atoms with Crippen molar-refractivity contribution in [3.63, 3.8) is 0 Å². The number of amides is 1. The van der Waals surface area contributed by atoms with Gasteiger partial charge in [0.2, 0.25) is 0 Å². The monoisotopic (exact) mass is 377 g/mol. The van der Waals surface area contributed by atoms with Gasteiger partial charge in [-0.3, -0.25) is 4.79 Å². The molecule has 1 aromatic heterocycles. The minimum Gasteiger partial charge on any atom is -0.359 e. The lowest BCUT2D eigenvalue weighted by atomic mass is 10.1. The summed E-state index contributed by atoms with van der Waals surface area (Å²) in [7, 11) is 0. The van der Waals surface area contributed by atoms with Gasteiger partial charge in [0.1, 0.15) is 0 Å². The molecule has 3 rings (SSSR count). The second-order valence-corrected chi connectivity index (χ2v) is 5.22. The van der Waals surface area contributed by atoms with Crippen LogP contribution in [0.1, 0.15) is 16.8 Å². The molecule has 0 bridgehead atoms. The quantitative estimate of drug-likeness (QED) is 0.789. The largest absolute Gasteiger partial charge is 0.435 e. The Bertz CT molecular complexity index is 883. The van der Waals surface area contributed by atoms with Gasteiger partial charge in [0, 0.05) is 11.8 Å². The second kappa shape index (κ2) is 6.04. The first-order chi connectivity index (χ1) is 12.1. The van der Waals surface area contributed by atoms with Crippen LogP contribution in [0.2, 0.25) is 0 Å². The number of benzene rings is 1. The Labute approximate surface area is 141 Å². The van der Waals surface area contributed by atoms with Crippen molar-refractivity contribution in [3.05, 3.63) is 47.3 Å². The van der Waals surface area contributed by atoms with E-state index in [4.69, 9.17) is 0 Å². The Morgan fingerprint density at radius 3 is 2.31 bits per heavy atom. The molecule has 0 saturated carbocycles. The highest BCUT2D eigenvalue weighted by atomic mass is 19.4. The minimum atomic E-state index is -4.85. The van der Waals surface area contributed by atoms with E-state index < -0.39 is 35.2 Å². The summed E-state index contributed by atoms with van der Waals surface area (Å²) < 4.78 is 78.6. The maximum absolute atomic E-state index is 13.4. The van der Waals surface area contributed by atoms with E-state index in [-0.39, 0.29) is 17.9 Å². The number of aromatic nitrogens is 2. The van der Waals surface area contributed by atoms with Gasteiger partial charge in [-0.1, -0.05) is 0 Å². The SMILES string of the molecule is O=C1CNC(c2ccc(-n3ccc(C(F)(F)F)n3)c(C(F)(F)F)c2)=NN1. The number of nitrogens with zero attached hydrogens (tertiary/aromatic N) is 3. The highest BCUT2D eigenvalue weighted by Gasteiger charge is 2.37. The van der Waals surface area contributed by atoms with Gasteiger partial charge in [-0.15, -0.1) is 0 Å². The number of carbonyl (C=O) groups excluding carboxylic acids is 1. The summed E-state index contributed by atoms with van der Waals surface area (Å²) in [5.41, 5.74) is -0.961. The lowest BCUT2D eigenvalue weighted by molar-refractivity contribution is -0.141. The van der Waals surface area contributed by atoms with E-state index in [1.54, 1.807) is 0 Å². The predicted molar refractivity (Wildman–Crippen MR) is 76.3 cm³/mol. The van der Waals surface area contributed by atoms with Crippen molar-refractivity contribution < 1.29 is 31.1 Å². The van der Waals surface area contributed by atoms with Gasteiger partial charge in [0.05, 0.1) is 17.8 Å². The zero-order valence-electron chi connectivity index (χ0n) is 12.6. The van der Waals surface area contributed by atoms with E-state index in [0.717, 1.165) is 12.3 Å². The highest BCUT2D eigenvalue weighted by Crippen LogP contribution is 2.35. The van der Waals surface area contributed by atoms with Crippen LogP contribution in [0.4, 0.5) is 26.3 Å². The van der Waals surface area contributed by atoms with Crippen LogP contribution in [0.3, 0.4) is 0 Å². The van der Waals surface area contributed by atoms with Crippen LogP contribution in [-0.2, 0) is 17.1 Å². The lowest BCUT2D eigenvalue weighted by Crippen LogP contribution is -2.42. The van der Waals surface area contributed by atoms with Crippen LogP contribution in [0.5, 0.6) is 0 Å². The molecule has 6 nitrogen and oxygen atoms in total. The van der Waals surface area contributed by atoms with Crippen molar-refractivity contribution in [3.8, 4) is 5.69 Å². The van der Waals surface area contributed by atoms with Gasteiger partial charge in [-0.25, -0.2) is 10.1 Å². The van der Waals surface area contributed by atoms with Gasteiger partial charge < -0.3 is 5.32 Å². The van der Waals surface area contributed by atoms with Gasteiger partial charge in [-0.05, 0) is 24.3 Å². The third-order valence-electron chi connectivity index (χ3n) is 3.41. The standard InChI is InChI=1S/C14H9F6N5O/c15-13(16,17)8-5-7(12-21-6-11(26)22-23-12)1-2-9(8)25-4-3-10(24-25)14(18,19)20/h1-5H,6H2,(H,21,23)(H,22,26). The Balaban J connectivity index is 2.06. The third kappa shape index (κ3) is 3.48. The van der Waals surface area contributed by atoms with Gasteiger partial charge in [0.15, 0.2) is 11.5 Å². The Morgan fingerprint density at radius 1 is 1.04 bits per heavy atom. The van der Waals surface area contributed by atoms with Gasteiger partial charge in [-0.2, -0.15) is 36.5 Å². The fourth-order valence-corrected chi connectivity index (χ4v) is 2.25. The first-order valence-corrected chi connectivity index (χ1v) is 7.01. The van der Waals surface area contributed by atoms with Crippen molar-refractivity contribution in [1.82, 2.24) is 20.5 Å². The molecule has 138 valence electrons. The van der Waals surface area contributed by atoms with Crippen molar-refractivity contribution in [2.45, 2.75) is 12.4 Å². The fourth-order valence-electron chi connectivity index (χ4n) is 2.25. The van der Waals surface area contributed by atoms with Crippen LogP contribution in [-0.4, -0.2) is 28.1 Å². The average molecular weight is 377 g/mol. The maximum atomic E-state index is 13.4. The molecule has 2 aromatic rings.